The number of hydrogen-bond acceptors (Lipinski definition) is 2. The highest BCUT2D eigenvalue weighted by molar-refractivity contribution is 5.87. The Bertz CT molecular complexity index is 521. The normalized spacial score (nSPS) is 14.0. The predicted molar refractivity (Wildman–Crippen MR) is 84.8 cm³/mol. The number of carbonyl (C=O) groups is 2. The van der Waals surface area contributed by atoms with Crippen molar-refractivity contribution in [2.45, 2.75) is 45.7 Å². The summed E-state index contributed by atoms with van der Waals surface area (Å²) in [7, 11) is 0. The molecule has 0 bridgehead atoms. The van der Waals surface area contributed by atoms with Gasteiger partial charge in [-0.2, -0.15) is 0 Å². The smallest absolute Gasteiger partial charge is 0.335 e. The Balaban J connectivity index is 1.85. The van der Waals surface area contributed by atoms with E-state index in [0.717, 1.165) is 31.4 Å². The lowest BCUT2D eigenvalue weighted by Crippen LogP contribution is -2.41. The van der Waals surface area contributed by atoms with E-state index in [-0.39, 0.29) is 11.6 Å². The number of carboxylic acid groups (broad SMARTS) is 1. The highest BCUT2D eigenvalue weighted by atomic mass is 16.4. The monoisotopic (exact) mass is 304 g/mol. The van der Waals surface area contributed by atoms with Gasteiger partial charge in [0.15, 0.2) is 0 Å². The number of carbonyl (C=O) groups excluding carboxylic acids is 1. The summed E-state index contributed by atoms with van der Waals surface area (Å²) in [5, 5.41) is 11.8. The average Bonchev–Trinajstić information content (AvgIpc) is 3.30. The number of urea groups is 1. The van der Waals surface area contributed by atoms with E-state index in [9.17, 15) is 9.59 Å². The molecule has 0 heterocycles. The number of amides is 2. The Morgan fingerprint density at radius 3 is 2.41 bits per heavy atom. The first-order valence-electron chi connectivity index (χ1n) is 7.84. The fourth-order valence-corrected chi connectivity index (χ4v) is 2.28. The van der Waals surface area contributed by atoms with Crippen LogP contribution in [0.1, 0.15) is 49.0 Å². The molecule has 0 saturated heterocycles. The third-order valence-corrected chi connectivity index (χ3v) is 3.84. The topological polar surface area (TPSA) is 69.6 Å². The van der Waals surface area contributed by atoms with Crippen LogP contribution in [-0.2, 0) is 6.54 Å². The van der Waals surface area contributed by atoms with Crippen molar-refractivity contribution in [2.75, 3.05) is 6.54 Å². The summed E-state index contributed by atoms with van der Waals surface area (Å²) in [6, 6.07) is 6.96. The molecule has 1 aliphatic rings. The summed E-state index contributed by atoms with van der Waals surface area (Å²) in [4.78, 5) is 25.0. The van der Waals surface area contributed by atoms with E-state index in [1.807, 2.05) is 4.90 Å². The Kier molecular flexibility index (Phi) is 5.41. The number of nitrogens with zero attached hydrogens (tertiary/aromatic N) is 1. The SMILES string of the molecule is CC(C)CCN(C(=O)NCc1ccc(C(=O)O)cc1)C1CC1. The van der Waals surface area contributed by atoms with E-state index in [1.165, 1.54) is 0 Å². The molecule has 0 radical (unpaired) electrons. The van der Waals surface area contributed by atoms with Crippen LogP contribution < -0.4 is 5.32 Å². The lowest BCUT2D eigenvalue weighted by molar-refractivity contribution is 0.0697. The maximum absolute atomic E-state index is 12.3. The van der Waals surface area contributed by atoms with Gasteiger partial charge in [-0.1, -0.05) is 26.0 Å². The van der Waals surface area contributed by atoms with Crippen molar-refractivity contribution in [3.05, 3.63) is 35.4 Å². The van der Waals surface area contributed by atoms with Gasteiger partial charge in [-0.15, -0.1) is 0 Å². The van der Waals surface area contributed by atoms with Crippen molar-refractivity contribution < 1.29 is 14.7 Å². The number of nitrogens with one attached hydrogen (secondary N) is 1. The molecule has 1 aliphatic carbocycles. The van der Waals surface area contributed by atoms with Crippen molar-refractivity contribution in [1.82, 2.24) is 10.2 Å². The lowest BCUT2D eigenvalue weighted by atomic mass is 10.1. The molecule has 2 amide bonds. The number of carboxylic acids is 1. The van der Waals surface area contributed by atoms with Crippen LogP contribution in [0.15, 0.2) is 24.3 Å². The molecule has 22 heavy (non-hydrogen) atoms. The maximum atomic E-state index is 12.3. The third kappa shape index (κ3) is 4.76. The van der Waals surface area contributed by atoms with E-state index < -0.39 is 5.97 Å². The molecule has 0 aromatic heterocycles. The Morgan fingerprint density at radius 2 is 1.91 bits per heavy atom. The summed E-state index contributed by atoms with van der Waals surface area (Å²) >= 11 is 0. The molecule has 1 fully saturated rings. The van der Waals surface area contributed by atoms with Crippen molar-refractivity contribution in [3.63, 3.8) is 0 Å². The zero-order valence-electron chi connectivity index (χ0n) is 13.2. The second-order valence-corrected chi connectivity index (χ2v) is 6.27. The van der Waals surface area contributed by atoms with Crippen LogP contribution in [0.25, 0.3) is 0 Å². The van der Waals surface area contributed by atoms with Crippen LogP contribution in [0.2, 0.25) is 0 Å². The molecule has 2 N–H and O–H groups in total. The lowest BCUT2D eigenvalue weighted by Gasteiger charge is -2.23. The summed E-state index contributed by atoms with van der Waals surface area (Å²) in [5.41, 5.74) is 1.16. The van der Waals surface area contributed by atoms with Crippen LogP contribution in [0.5, 0.6) is 0 Å². The van der Waals surface area contributed by atoms with E-state index in [0.29, 0.717) is 18.5 Å². The standard InChI is InChI=1S/C17H24N2O3/c1-12(2)9-10-19(15-7-8-15)17(22)18-11-13-3-5-14(6-4-13)16(20)21/h3-6,12,15H,7-11H2,1-2H3,(H,18,22)(H,20,21). The summed E-state index contributed by atoms with van der Waals surface area (Å²) in [5.74, 6) is -0.359. The van der Waals surface area contributed by atoms with Crippen LogP contribution in [0, 0.1) is 5.92 Å². The van der Waals surface area contributed by atoms with Gasteiger partial charge in [0.05, 0.1) is 5.56 Å². The fraction of sp³-hybridized carbons (Fsp3) is 0.529. The van der Waals surface area contributed by atoms with Gasteiger partial charge in [-0.25, -0.2) is 9.59 Å². The van der Waals surface area contributed by atoms with Gasteiger partial charge in [0.1, 0.15) is 0 Å². The quantitative estimate of drug-likeness (QED) is 0.813. The van der Waals surface area contributed by atoms with Crippen LogP contribution >= 0.6 is 0 Å². The molecule has 1 aromatic carbocycles. The second-order valence-electron chi connectivity index (χ2n) is 6.27. The molecular formula is C17H24N2O3. The first-order valence-corrected chi connectivity index (χ1v) is 7.84. The number of hydrogen-bond donors (Lipinski definition) is 2. The highest BCUT2D eigenvalue weighted by Crippen LogP contribution is 2.27. The number of rotatable bonds is 7. The summed E-state index contributed by atoms with van der Waals surface area (Å²) in [6.45, 7) is 5.54. The van der Waals surface area contributed by atoms with Gasteiger partial charge < -0.3 is 15.3 Å². The molecule has 0 unspecified atom stereocenters. The predicted octanol–water partition coefficient (Wildman–Crippen LogP) is 3.10. The van der Waals surface area contributed by atoms with Gasteiger partial charge in [0.2, 0.25) is 0 Å². The molecule has 5 heteroatoms. The van der Waals surface area contributed by atoms with Crippen LogP contribution in [0.3, 0.4) is 0 Å². The molecule has 0 atom stereocenters. The second kappa shape index (κ2) is 7.29. The third-order valence-electron chi connectivity index (χ3n) is 3.84. The minimum atomic E-state index is -0.941. The van der Waals surface area contributed by atoms with Crippen molar-refractivity contribution in [2.24, 2.45) is 5.92 Å². The largest absolute Gasteiger partial charge is 0.478 e. The Labute approximate surface area is 131 Å². The molecule has 1 saturated carbocycles. The molecule has 1 aromatic rings. The molecule has 2 rings (SSSR count). The molecular weight excluding hydrogens is 280 g/mol. The molecule has 0 spiro atoms. The molecule has 0 aliphatic heterocycles. The molecule has 120 valence electrons. The van der Waals surface area contributed by atoms with Crippen LogP contribution in [-0.4, -0.2) is 34.6 Å². The van der Waals surface area contributed by atoms with E-state index in [1.54, 1.807) is 24.3 Å². The first kappa shape index (κ1) is 16.3. The van der Waals surface area contributed by atoms with Gasteiger partial charge in [-0.3, -0.25) is 0 Å². The van der Waals surface area contributed by atoms with E-state index in [4.69, 9.17) is 5.11 Å². The van der Waals surface area contributed by atoms with E-state index in [2.05, 4.69) is 19.2 Å². The zero-order valence-corrected chi connectivity index (χ0v) is 13.2. The minimum absolute atomic E-state index is 0.0227. The maximum Gasteiger partial charge on any atom is 0.335 e. The zero-order chi connectivity index (χ0) is 16.1. The summed E-state index contributed by atoms with van der Waals surface area (Å²) in [6.07, 6.45) is 3.20. The Morgan fingerprint density at radius 1 is 1.27 bits per heavy atom. The van der Waals surface area contributed by atoms with Crippen molar-refractivity contribution in [1.29, 1.82) is 0 Å². The van der Waals surface area contributed by atoms with Crippen molar-refractivity contribution >= 4 is 12.0 Å². The highest BCUT2D eigenvalue weighted by Gasteiger charge is 2.32. The van der Waals surface area contributed by atoms with E-state index >= 15 is 0 Å². The minimum Gasteiger partial charge on any atom is -0.478 e. The van der Waals surface area contributed by atoms with Gasteiger partial charge in [0, 0.05) is 19.1 Å². The van der Waals surface area contributed by atoms with Crippen LogP contribution in [0.4, 0.5) is 4.79 Å². The van der Waals surface area contributed by atoms with Gasteiger partial charge in [0.25, 0.3) is 0 Å². The average molecular weight is 304 g/mol. The summed E-state index contributed by atoms with van der Waals surface area (Å²) < 4.78 is 0. The number of benzene rings is 1. The molecule has 5 nitrogen and oxygen atoms in total. The Hall–Kier alpha value is -2.04. The number of aromatic carboxylic acids is 1. The first-order chi connectivity index (χ1) is 10.5. The van der Waals surface area contributed by atoms with Gasteiger partial charge >= 0.3 is 12.0 Å². The van der Waals surface area contributed by atoms with Gasteiger partial charge in [-0.05, 0) is 42.9 Å². The van der Waals surface area contributed by atoms with Crippen molar-refractivity contribution in [3.8, 4) is 0 Å². The fourth-order valence-electron chi connectivity index (χ4n) is 2.28.